The van der Waals surface area contributed by atoms with E-state index in [9.17, 15) is 0 Å². The molecule has 0 fully saturated rings. The topological polar surface area (TPSA) is 9.23 Å². The summed E-state index contributed by atoms with van der Waals surface area (Å²) in [7, 11) is 1.56. The highest BCUT2D eigenvalue weighted by atomic mass is 35.8. The van der Waals surface area contributed by atoms with Crippen molar-refractivity contribution in [1.29, 1.82) is 0 Å². The Balaban J connectivity index is 3.14. The molecule has 12 heavy (non-hydrogen) atoms. The Bertz CT molecular complexity index is 272. The number of methoxy groups -OCH3 is 1. The van der Waals surface area contributed by atoms with Gasteiger partial charge in [0.25, 0.3) is 0 Å². The van der Waals surface area contributed by atoms with E-state index in [0.717, 1.165) is 0 Å². The van der Waals surface area contributed by atoms with Gasteiger partial charge in [-0.2, -0.15) is 0 Å². The molecule has 0 radical (unpaired) electrons. The second-order valence-electron chi connectivity index (χ2n) is 2.20. The van der Waals surface area contributed by atoms with Crippen molar-refractivity contribution in [3.8, 4) is 5.75 Å². The molecule has 1 aromatic rings. The van der Waals surface area contributed by atoms with E-state index in [2.05, 4.69) is 0 Å². The summed E-state index contributed by atoms with van der Waals surface area (Å²) < 4.78 is 5.05. The number of hydrogen-bond acceptors (Lipinski definition) is 1. The van der Waals surface area contributed by atoms with Gasteiger partial charge in [-0.15, -0.1) is 33.2 Å². The Hall–Kier alpha value is 0.107. The van der Waals surface area contributed by atoms with Gasteiger partial charge in [0.15, 0.2) is 0 Å². The first-order chi connectivity index (χ1) is 5.55. The number of rotatable bonds is 2. The first-order valence-corrected chi connectivity index (χ1v) is 8.29. The van der Waals surface area contributed by atoms with E-state index in [-0.39, 0.29) is 0 Å². The van der Waals surface area contributed by atoms with Crippen molar-refractivity contribution in [2.45, 2.75) is 0 Å². The summed E-state index contributed by atoms with van der Waals surface area (Å²) in [4.78, 5) is 0. The fraction of sp³-hybridized carbons (Fsp3) is 0.143. The second kappa shape index (κ2) is 3.88. The van der Waals surface area contributed by atoms with Crippen LogP contribution in [-0.2, 0) is 0 Å². The van der Waals surface area contributed by atoms with Crippen LogP contribution in [0, 0.1) is 0 Å². The molecular formula is C7H7Cl3OSi. The lowest BCUT2D eigenvalue weighted by Crippen LogP contribution is -2.31. The Morgan fingerprint density at radius 2 is 1.75 bits per heavy atom. The van der Waals surface area contributed by atoms with Gasteiger partial charge in [-0.05, 0) is 6.07 Å². The summed E-state index contributed by atoms with van der Waals surface area (Å²) in [5.41, 5.74) is 0. The van der Waals surface area contributed by atoms with Gasteiger partial charge < -0.3 is 4.74 Å². The number of halogens is 3. The summed E-state index contributed by atoms with van der Waals surface area (Å²) in [6.45, 7) is 0. The van der Waals surface area contributed by atoms with Crippen molar-refractivity contribution < 1.29 is 4.74 Å². The molecule has 1 rings (SSSR count). The molecule has 1 nitrogen and oxygen atoms in total. The van der Waals surface area contributed by atoms with Crippen LogP contribution in [0.2, 0.25) is 0 Å². The van der Waals surface area contributed by atoms with Gasteiger partial charge in [0.05, 0.1) is 7.11 Å². The van der Waals surface area contributed by atoms with Gasteiger partial charge in [-0.1, -0.05) is 18.2 Å². The summed E-state index contributed by atoms with van der Waals surface area (Å²) >= 11 is 17.5. The lowest BCUT2D eigenvalue weighted by atomic mass is 10.3. The van der Waals surface area contributed by atoms with E-state index in [0.29, 0.717) is 10.9 Å². The molecule has 5 heteroatoms. The quantitative estimate of drug-likeness (QED) is 0.571. The SMILES string of the molecule is COc1ccccc1[Si](Cl)(Cl)Cl. The predicted molar refractivity (Wildman–Crippen MR) is 55.9 cm³/mol. The highest BCUT2D eigenvalue weighted by Crippen LogP contribution is 2.24. The molecule has 0 spiro atoms. The number of para-hydroxylation sites is 1. The normalized spacial score (nSPS) is 11.3. The molecule has 66 valence electrons. The summed E-state index contributed by atoms with van der Waals surface area (Å²) in [5, 5.41) is 0.692. The maximum atomic E-state index is 5.83. The molecule has 0 aliphatic carbocycles. The average Bonchev–Trinajstić information content (AvgIpc) is 2.03. The van der Waals surface area contributed by atoms with Crippen molar-refractivity contribution in [2.24, 2.45) is 0 Å². The fourth-order valence-corrected chi connectivity index (χ4v) is 3.03. The zero-order valence-electron chi connectivity index (χ0n) is 6.35. The van der Waals surface area contributed by atoms with E-state index in [1.807, 2.05) is 12.1 Å². The average molecular weight is 242 g/mol. The zero-order chi connectivity index (χ0) is 9.19. The number of benzene rings is 1. The van der Waals surface area contributed by atoms with Gasteiger partial charge in [0.1, 0.15) is 5.75 Å². The van der Waals surface area contributed by atoms with Crippen molar-refractivity contribution >= 4 is 44.4 Å². The monoisotopic (exact) mass is 240 g/mol. The Labute approximate surface area is 86.3 Å². The van der Waals surface area contributed by atoms with Gasteiger partial charge in [-0.25, -0.2) is 0 Å². The van der Waals surface area contributed by atoms with E-state index in [1.165, 1.54) is 0 Å². The molecule has 0 amide bonds. The molecule has 0 heterocycles. The van der Waals surface area contributed by atoms with Crippen LogP contribution in [0.15, 0.2) is 24.3 Å². The van der Waals surface area contributed by atoms with Gasteiger partial charge in [0.2, 0.25) is 0 Å². The molecular weight excluding hydrogens is 235 g/mol. The van der Waals surface area contributed by atoms with Gasteiger partial charge in [-0.3, -0.25) is 0 Å². The molecule has 0 saturated carbocycles. The van der Waals surface area contributed by atoms with Crippen LogP contribution in [-0.4, -0.2) is 13.1 Å². The van der Waals surface area contributed by atoms with Crippen molar-refractivity contribution in [1.82, 2.24) is 0 Å². The minimum Gasteiger partial charge on any atom is -0.497 e. The standard InChI is InChI=1S/C7H7Cl3OSi/c1-11-6-4-2-3-5-7(6)12(8,9)10/h2-5H,1H3. The number of ether oxygens (including phenoxy) is 1. The summed E-state index contributed by atoms with van der Waals surface area (Å²) in [6, 6.07) is 4.42. The van der Waals surface area contributed by atoms with E-state index in [4.69, 9.17) is 38.0 Å². The first kappa shape index (κ1) is 10.2. The van der Waals surface area contributed by atoms with E-state index < -0.39 is 6.00 Å². The third kappa shape index (κ3) is 2.30. The highest BCUT2D eigenvalue weighted by molar-refractivity contribution is 7.69. The minimum atomic E-state index is -2.81. The molecule has 0 atom stereocenters. The maximum Gasteiger partial charge on any atom is 0.376 e. The van der Waals surface area contributed by atoms with Crippen molar-refractivity contribution in [2.75, 3.05) is 7.11 Å². The minimum absolute atomic E-state index is 0.643. The first-order valence-electron chi connectivity index (χ1n) is 3.26. The van der Waals surface area contributed by atoms with Crippen LogP contribution in [0.4, 0.5) is 0 Å². The zero-order valence-corrected chi connectivity index (χ0v) is 9.62. The third-order valence-electron chi connectivity index (χ3n) is 1.41. The molecule has 0 unspecified atom stereocenters. The largest absolute Gasteiger partial charge is 0.497 e. The van der Waals surface area contributed by atoms with Crippen LogP contribution in [0.1, 0.15) is 0 Å². The number of hydrogen-bond donors (Lipinski definition) is 0. The van der Waals surface area contributed by atoms with Crippen LogP contribution in [0.3, 0.4) is 0 Å². The third-order valence-corrected chi connectivity index (χ3v) is 4.27. The summed E-state index contributed by atoms with van der Waals surface area (Å²) in [5.74, 6) is 0.643. The van der Waals surface area contributed by atoms with Crippen LogP contribution >= 0.6 is 33.2 Å². The second-order valence-corrected chi connectivity index (χ2v) is 10.6. The Morgan fingerprint density at radius 1 is 1.17 bits per heavy atom. The van der Waals surface area contributed by atoms with Crippen molar-refractivity contribution in [3.05, 3.63) is 24.3 Å². The Kier molecular flexibility index (Phi) is 3.29. The fourth-order valence-electron chi connectivity index (χ4n) is 0.879. The molecule has 0 aliphatic rings. The molecule has 1 aromatic carbocycles. The molecule has 0 bridgehead atoms. The smallest absolute Gasteiger partial charge is 0.376 e. The molecule has 0 aromatic heterocycles. The maximum absolute atomic E-state index is 5.83. The predicted octanol–water partition coefficient (Wildman–Crippen LogP) is 2.56. The highest BCUT2D eigenvalue weighted by Gasteiger charge is 2.31. The molecule has 0 aliphatic heterocycles. The lowest BCUT2D eigenvalue weighted by Gasteiger charge is -2.12. The molecule has 0 N–H and O–H groups in total. The van der Waals surface area contributed by atoms with E-state index in [1.54, 1.807) is 19.2 Å². The van der Waals surface area contributed by atoms with Gasteiger partial charge in [0, 0.05) is 5.19 Å². The van der Waals surface area contributed by atoms with Crippen LogP contribution in [0.25, 0.3) is 0 Å². The lowest BCUT2D eigenvalue weighted by molar-refractivity contribution is 0.418. The van der Waals surface area contributed by atoms with E-state index >= 15 is 0 Å². The van der Waals surface area contributed by atoms with Crippen LogP contribution < -0.4 is 9.92 Å². The van der Waals surface area contributed by atoms with Crippen molar-refractivity contribution in [3.63, 3.8) is 0 Å². The van der Waals surface area contributed by atoms with Crippen LogP contribution in [0.5, 0.6) is 5.75 Å². The Morgan fingerprint density at radius 3 is 2.17 bits per heavy atom. The van der Waals surface area contributed by atoms with Gasteiger partial charge >= 0.3 is 6.00 Å². The molecule has 0 saturated heterocycles. The summed E-state index contributed by atoms with van der Waals surface area (Å²) in [6.07, 6.45) is 0.